The normalized spacial score (nSPS) is 13.9. The van der Waals surface area contributed by atoms with Crippen LogP contribution >= 0.6 is 15.9 Å². The third-order valence-corrected chi connectivity index (χ3v) is 2.90. The molecule has 1 aromatic rings. The zero-order chi connectivity index (χ0) is 14.6. The number of aryl methyl sites for hydroxylation is 1. The Kier molecular flexibility index (Phi) is 5.13. The molecular weight excluding hydrogens is 318 g/mol. The van der Waals surface area contributed by atoms with Crippen LogP contribution in [0.4, 0.5) is 0 Å². The maximum Gasteiger partial charge on any atom is 0.305 e. The molecule has 0 radical (unpaired) electrons. The number of carboxylic acids is 1. The predicted molar refractivity (Wildman–Crippen MR) is 71.1 cm³/mol. The quantitative estimate of drug-likeness (QED) is 0.830. The molecule has 19 heavy (non-hydrogen) atoms. The van der Waals surface area contributed by atoms with E-state index in [9.17, 15) is 9.59 Å². The van der Waals surface area contributed by atoms with Crippen LogP contribution in [-0.2, 0) is 9.53 Å². The van der Waals surface area contributed by atoms with E-state index in [1.165, 1.54) is 7.11 Å². The van der Waals surface area contributed by atoms with Crippen molar-refractivity contribution in [3.63, 3.8) is 0 Å². The molecule has 106 valence electrons. The highest BCUT2D eigenvalue weighted by Crippen LogP contribution is 2.21. The lowest BCUT2D eigenvalue weighted by Gasteiger charge is -2.28. The Morgan fingerprint density at radius 2 is 2.21 bits per heavy atom. The van der Waals surface area contributed by atoms with E-state index < -0.39 is 17.4 Å². The number of ether oxygens (including phenoxy) is 1. The Labute approximate surface area is 119 Å². The maximum absolute atomic E-state index is 12.1. The van der Waals surface area contributed by atoms with E-state index in [4.69, 9.17) is 14.3 Å². The summed E-state index contributed by atoms with van der Waals surface area (Å²) in [7, 11) is 1.45. The molecule has 0 aliphatic rings. The van der Waals surface area contributed by atoms with Gasteiger partial charge in [0.1, 0.15) is 0 Å². The van der Waals surface area contributed by atoms with Crippen LogP contribution in [0.15, 0.2) is 15.2 Å². The fraction of sp³-hybridized carbons (Fsp3) is 0.500. The first-order chi connectivity index (χ1) is 8.77. The number of aliphatic carboxylic acids is 1. The van der Waals surface area contributed by atoms with Crippen molar-refractivity contribution in [1.29, 1.82) is 0 Å². The number of halogens is 1. The Balaban J connectivity index is 2.87. The molecular formula is C12H16BrNO5. The monoisotopic (exact) mass is 333 g/mol. The van der Waals surface area contributed by atoms with E-state index in [1.54, 1.807) is 19.9 Å². The van der Waals surface area contributed by atoms with E-state index in [-0.39, 0.29) is 18.8 Å². The fourth-order valence-corrected chi connectivity index (χ4v) is 2.29. The zero-order valence-electron chi connectivity index (χ0n) is 10.9. The number of carbonyl (C=O) groups is 2. The van der Waals surface area contributed by atoms with E-state index in [2.05, 4.69) is 21.2 Å². The number of hydrogen-bond donors (Lipinski definition) is 2. The summed E-state index contributed by atoms with van der Waals surface area (Å²) in [5, 5.41) is 11.5. The van der Waals surface area contributed by atoms with Crippen molar-refractivity contribution in [3.8, 4) is 0 Å². The lowest BCUT2D eigenvalue weighted by Crippen LogP contribution is -2.50. The van der Waals surface area contributed by atoms with Crippen molar-refractivity contribution in [2.24, 2.45) is 0 Å². The van der Waals surface area contributed by atoms with Gasteiger partial charge in [-0.25, -0.2) is 0 Å². The van der Waals surface area contributed by atoms with Crippen molar-refractivity contribution in [1.82, 2.24) is 5.32 Å². The number of carbonyl (C=O) groups excluding carboxylic acids is 1. The molecule has 0 spiro atoms. The second-order valence-electron chi connectivity index (χ2n) is 4.58. The number of hydrogen-bond acceptors (Lipinski definition) is 4. The number of nitrogens with one attached hydrogen (secondary N) is 1. The van der Waals surface area contributed by atoms with Gasteiger partial charge in [-0.2, -0.15) is 0 Å². The van der Waals surface area contributed by atoms with Crippen molar-refractivity contribution in [2.45, 2.75) is 25.8 Å². The van der Waals surface area contributed by atoms with Gasteiger partial charge >= 0.3 is 5.97 Å². The highest BCUT2D eigenvalue weighted by Gasteiger charge is 2.31. The summed E-state index contributed by atoms with van der Waals surface area (Å²) in [6.45, 7) is 3.43. The summed E-state index contributed by atoms with van der Waals surface area (Å²) in [6.07, 6.45) is -0.243. The molecule has 0 aliphatic heterocycles. The Bertz CT molecular complexity index is 484. The molecule has 0 saturated carbocycles. The standard InChI is InChI=1S/C12H16BrNO5/c1-7-4-8(13)19-10(7)11(17)14-12(2,6-18-3)5-9(15)16/h4H,5-6H2,1-3H3,(H,14,17)(H,15,16). The minimum atomic E-state index is -1.02. The van der Waals surface area contributed by atoms with Crippen LogP contribution in [0.1, 0.15) is 29.5 Å². The van der Waals surface area contributed by atoms with Crippen molar-refractivity contribution < 1.29 is 23.8 Å². The molecule has 1 unspecified atom stereocenters. The molecule has 0 aliphatic carbocycles. The first kappa shape index (κ1) is 15.7. The predicted octanol–water partition coefficient (Wildman–Crippen LogP) is 1.96. The summed E-state index contributed by atoms with van der Waals surface area (Å²) in [6, 6.07) is 1.67. The van der Waals surface area contributed by atoms with Gasteiger partial charge in [-0.15, -0.1) is 0 Å². The van der Waals surface area contributed by atoms with Crippen molar-refractivity contribution >= 4 is 27.8 Å². The second kappa shape index (κ2) is 6.21. The smallest absolute Gasteiger partial charge is 0.305 e. The minimum Gasteiger partial charge on any atom is -0.481 e. The van der Waals surface area contributed by atoms with Crippen LogP contribution in [-0.4, -0.2) is 36.2 Å². The third kappa shape index (κ3) is 4.36. The van der Waals surface area contributed by atoms with E-state index in [0.717, 1.165) is 0 Å². The van der Waals surface area contributed by atoms with Crippen LogP contribution in [0.3, 0.4) is 0 Å². The van der Waals surface area contributed by atoms with E-state index in [1.807, 2.05) is 0 Å². The average molecular weight is 334 g/mol. The largest absolute Gasteiger partial charge is 0.481 e. The van der Waals surface area contributed by atoms with Gasteiger partial charge in [0.05, 0.1) is 18.6 Å². The molecule has 6 nitrogen and oxygen atoms in total. The summed E-state index contributed by atoms with van der Waals surface area (Å²) in [5.41, 5.74) is -0.330. The van der Waals surface area contributed by atoms with Gasteiger partial charge in [0.2, 0.25) is 0 Å². The first-order valence-corrected chi connectivity index (χ1v) is 6.36. The molecule has 0 fully saturated rings. The van der Waals surface area contributed by atoms with Gasteiger partial charge in [0, 0.05) is 12.7 Å². The van der Waals surface area contributed by atoms with Gasteiger partial charge in [-0.1, -0.05) is 0 Å². The summed E-state index contributed by atoms with van der Waals surface area (Å²) in [5.74, 6) is -1.33. The molecule has 1 atom stereocenters. The molecule has 0 aromatic carbocycles. The molecule has 1 amide bonds. The van der Waals surface area contributed by atoms with Gasteiger partial charge in [0.15, 0.2) is 10.4 Å². The van der Waals surface area contributed by atoms with Crippen molar-refractivity contribution in [3.05, 3.63) is 22.1 Å². The Hall–Kier alpha value is -1.34. The van der Waals surface area contributed by atoms with Crippen molar-refractivity contribution in [2.75, 3.05) is 13.7 Å². The maximum atomic E-state index is 12.1. The van der Waals surface area contributed by atoms with Crippen LogP contribution in [0.5, 0.6) is 0 Å². The molecule has 0 saturated heterocycles. The fourth-order valence-electron chi connectivity index (χ4n) is 1.78. The molecule has 1 aromatic heterocycles. The minimum absolute atomic E-state index is 0.0893. The van der Waals surface area contributed by atoms with E-state index >= 15 is 0 Å². The van der Waals surface area contributed by atoms with Gasteiger partial charge < -0.3 is 19.6 Å². The summed E-state index contributed by atoms with van der Waals surface area (Å²) < 4.78 is 10.6. The number of amides is 1. The zero-order valence-corrected chi connectivity index (χ0v) is 12.5. The van der Waals surface area contributed by atoms with Gasteiger partial charge in [0.25, 0.3) is 5.91 Å². The highest BCUT2D eigenvalue weighted by atomic mass is 79.9. The van der Waals surface area contributed by atoms with Crippen LogP contribution in [0.2, 0.25) is 0 Å². The number of carboxylic acid groups (broad SMARTS) is 1. The summed E-state index contributed by atoms with van der Waals surface area (Å²) in [4.78, 5) is 22.9. The molecule has 1 heterocycles. The average Bonchev–Trinajstić information content (AvgIpc) is 2.56. The second-order valence-corrected chi connectivity index (χ2v) is 5.36. The van der Waals surface area contributed by atoms with Gasteiger partial charge in [-0.3, -0.25) is 9.59 Å². The lowest BCUT2D eigenvalue weighted by molar-refractivity contribution is -0.139. The Morgan fingerprint density at radius 1 is 1.58 bits per heavy atom. The molecule has 0 bridgehead atoms. The van der Waals surface area contributed by atoms with E-state index in [0.29, 0.717) is 10.2 Å². The molecule has 7 heteroatoms. The van der Waals surface area contributed by atoms with Crippen LogP contribution in [0, 0.1) is 6.92 Å². The third-order valence-electron chi connectivity index (χ3n) is 2.51. The summed E-state index contributed by atoms with van der Waals surface area (Å²) >= 11 is 3.14. The van der Waals surface area contributed by atoms with Crippen LogP contribution < -0.4 is 5.32 Å². The molecule has 1 rings (SSSR count). The number of furan rings is 1. The lowest BCUT2D eigenvalue weighted by atomic mass is 9.98. The SMILES string of the molecule is COCC(C)(CC(=O)O)NC(=O)c1oc(Br)cc1C. The number of methoxy groups -OCH3 is 1. The van der Waals surface area contributed by atoms with Crippen LogP contribution in [0.25, 0.3) is 0 Å². The molecule has 2 N–H and O–H groups in total. The Morgan fingerprint density at radius 3 is 2.63 bits per heavy atom. The highest BCUT2D eigenvalue weighted by molar-refractivity contribution is 9.10. The number of rotatable bonds is 6. The van der Waals surface area contributed by atoms with Gasteiger partial charge in [-0.05, 0) is 35.8 Å². The topological polar surface area (TPSA) is 88.8 Å². The first-order valence-electron chi connectivity index (χ1n) is 5.56.